The average Bonchev–Trinajstić information content (AvgIpc) is 2.09. The second-order valence-electron chi connectivity index (χ2n) is 2.99. The SMILES string of the molecule is COC(c1ccc(O)cc1)C(C)O. The predicted octanol–water partition coefficient (Wildman–Crippen LogP) is 1.46. The lowest BCUT2D eigenvalue weighted by molar-refractivity contribution is -0.00350. The van der Waals surface area contributed by atoms with Gasteiger partial charge in [-0.3, -0.25) is 0 Å². The van der Waals surface area contributed by atoms with Crippen LogP contribution in [0.3, 0.4) is 0 Å². The number of aliphatic hydroxyl groups is 1. The minimum Gasteiger partial charge on any atom is -0.508 e. The molecular formula is C10H14O3. The Kier molecular flexibility index (Phi) is 3.28. The Balaban J connectivity index is 2.86. The zero-order valence-corrected chi connectivity index (χ0v) is 7.77. The molecule has 0 amide bonds. The van der Waals surface area contributed by atoms with Crippen LogP contribution in [0.5, 0.6) is 5.75 Å². The minimum absolute atomic E-state index is 0.212. The third-order valence-corrected chi connectivity index (χ3v) is 1.91. The molecule has 0 saturated carbocycles. The third kappa shape index (κ3) is 2.44. The van der Waals surface area contributed by atoms with Gasteiger partial charge < -0.3 is 14.9 Å². The number of methoxy groups -OCH3 is 1. The van der Waals surface area contributed by atoms with E-state index in [1.54, 1.807) is 38.3 Å². The highest BCUT2D eigenvalue weighted by Gasteiger charge is 2.15. The van der Waals surface area contributed by atoms with Gasteiger partial charge in [-0.1, -0.05) is 12.1 Å². The van der Waals surface area contributed by atoms with Gasteiger partial charge in [0.25, 0.3) is 0 Å². The summed E-state index contributed by atoms with van der Waals surface area (Å²) in [5.74, 6) is 0.212. The Morgan fingerprint density at radius 2 is 1.77 bits per heavy atom. The number of phenolic OH excluding ortho intramolecular Hbond substituents is 1. The zero-order chi connectivity index (χ0) is 9.84. The number of rotatable bonds is 3. The molecule has 0 aromatic heterocycles. The smallest absolute Gasteiger partial charge is 0.115 e. The van der Waals surface area contributed by atoms with Gasteiger partial charge in [-0.2, -0.15) is 0 Å². The molecule has 2 N–H and O–H groups in total. The fourth-order valence-corrected chi connectivity index (χ4v) is 1.28. The van der Waals surface area contributed by atoms with E-state index in [1.165, 1.54) is 0 Å². The van der Waals surface area contributed by atoms with Gasteiger partial charge in [-0.25, -0.2) is 0 Å². The van der Waals surface area contributed by atoms with E-state index in [9.17, 15) is 5.11 Å². The van der Waals surface area contributed by atoms with Crippen molar-refractivity contribution in [2.24, 2.45) is 0 Å². The van der Waals surface area contributed by atoms with Crippen LogP contribution in [0.2, 0.25) is 0 Å². The van der Waals surface area contributed by atoms with Crippen LogP contribution >= 0.6 is 0 Å². The van der Waals surface area contributed by atoms with Crippen molar-refractivity contribution in [2.45, 2.75) is 19.1 Å². The van der Waals surface area contributed by atoms with Crippen molar-refractivity contribution in [3.63, 3.8) is 0 Å². The van der Waals surface area contributed by atoms with Gasteiger partial charge in [0.2, 0.25) is 0 Å². The predicted molar refractivity (Wildman–Crippen MR) is 49.5 cm³/mol. The summed E-state index contributed by atoms with van der Waals surface area (Å²) in [4.78, 5) is 0. The molecule has 1 aromatic rings. The molecule has 0 saturated heterocycles. The Labute approximate surface area is 77.6 Å². The summed E-state index contributed by atoms with van der Waals surface area (Å²) in [6.45, 7) is 1.67. The fraction of sp³-hybridized carbons (Fsp3) is 0.400. The van der Waals surface area contributed by atoms with Gasteiger partial charge >= 0.3 is 0 Å². The lowest BCUT2D eigenvalue weighted by Crippen LogP contribution is -2.16. The summed E-state index contributed by atoms with van der Waals surface area (Å²) < 4.78 is 5.11. The van der Waals surface area contributed by atoms with Crippen molar-refractivity contribution in [3.8, 4) is 5.75 Å². The molecule has 0 radical (unpaired) electrons. The third-order valence-electron chi connectivity index (χ3n) is 1.91. The first-order valence-electron chi connectivity index (χ1n) is 4.15. The summed E-state index contributed by atoms with van der Waals surface area (Å²) in [7, 11) is 1.55. The van der Waals surface area contributed by atoms with Crippen LogP contribution in [0.1, 0.15) is 18.6 Å². The average molecular weight is 182 g/mol. The van der Waals surface area contributed by atoms with Crippen LogP contribution in [0, 0.1) is 0 Å². The normalized spacial score (nSPS) is 15.3. The molecular weight excluding hydrogens is 168 g/mol. The van der Waals surface area contributed by atoms with Crippen LogP contribution in [0.15, 0.2) is 24.3 Å². The highest BCUT2D eigenvalue weighted by molar-refractivity contribution is 5.27. The second-order valence-corrected chi connectivity index (χ2v) is 2.99. The van der Waals surface area contributed by atoms with Crippen LogP contribution < -0.4 is 0 Å². The number of phenols is 1. The lowest BCUT2D eigenvalue weighted by atomic mass is 10.1. The maximum atomic E-state index is 9.35. The molecule has 2 atom stereocenters. The van der Waals surface area contributed by atoms with Crippen LogP contribution in [0.25, 0.3) is 0 Å². The van der Waals surface area contributed by atoms with E-state index in [4.69, 9.17) is 9.84 Å². The molecule has 0 aliphatic heterocycles. The van der Waals surface area contributed by atoms with Crippen molar-refractivity contribution in [3.05, 3.63) is 29.8 Å². The van der Waals surface area contributed by atoms with Crippen LogP contribution in [0.4, 0.5) is 0 Å². The van der Waals surface area contributed by atoms with Crippen molar-refractivity contribution in [1.29, 1.82) is 0 Å². The number of aromatic hydroxyl groups is 1. The summed E-state index contributed by atoms with van der Waals surface area (Å²) in [6, 6.07) is 6.61. The van der Waals surface area contributed by atoms with Gasteiger partial charge in [-0.05, 0) is 24.6 Å². The van der Waals surface area contributed by atoms with Crippen molar-refractivity contribution < 1.29 is 14.9 Å². The fourth-order valence-electron chi connectivity index (χ4n) is 1.28. The molecule has 0 bridgehead atoms. The molecule has 1 rings (SSSR count). The Bertz CT molecular complexity index is 253. The summed E-state index contributed by atoms with van der Waals surface area (Å²) in [5.41, 5.74) is 0.857. The van der Waals surface area contributed by atoms with E-state index in [0.29, 0.717) is 0 Å². The van der Waals surface area contributed by atoms with Gasteiger partial charge in [0.1, 0.15) is 11.9 Å². The standard InChI is InChI=1S/C10H14O3/c1-7(11)10(13-2)8-3-5-9(12)6-4-8/h3-7,10-12H,1-2H3. The van der Waals surface area contributed by atoms with E-state index >= 15 is 0 Å². The lowest BCUT2D eigenvalue weighted by Gasteiger charge is -2.18. The summed E-state index contributed by atoms with van der Waals surface area (Å²) >= 11 is 0. The largest absolute Gasteiger partial charge is 0.508 e. The number of ether oxygens (including phenoxy) is 1. The Morgan fingerprint density at radius 3 is 2.15 bits per heavy atom. The quantitative estimate of drug-likeness (QED) is 0.744. The van der Waals surface area contributed by atoms with Gasteiger partial charge in [0.05, 0.1) is 6.10 Å². The highest BCUT2D eigenvalue weighted by atomic mass is 16.5. The second kappa shape index (κ2) is 4.25. The summed E-state index contributed by atoms with van der Waals surface area (Å²) in [5, 5.41) is 18.4. The molecule has 3 nitrogen and oxygen atoms in total. The monoisotopic (exact) mass is 182 g/mol. The first-order chi connectivity index (χ1) is 6.15. The first-order valence-corrected chi connectivity index (χ1v) is 4.15. The molecule has 1 aromatic carbocycles. The molecule has 0 aliphatic rings. The molecule has 72 valence electrons. The Morgan fingerprint density at radius 1 is 1.23 bits per heavy atom. The van der Waals surface area contributed by atoms with E-state index in [2.05, 4.69) is 0 Å². The number of benzene rings is 1. The van der Waals surface area contributed by atoms with Crippen molar-refractivity contribution in [2.75, 3.05) is 7.11 Å². The summed E-state index contributed by atoms with van der Waals surface area (Å²) in [6.07, 6.45) is -0.893. The molecule has 0 heterocycles. The molecule has 0 spiro atoms. The molecule has 3 heteroatoms. The maximum absolute atomic E-state index is 9.35. The molecule has 2 unspecified atom stereocenters. The van der Waals surface area contributed by atoms with Crippen LogP contribution in [-0.2, 0) is 4.74 Å². The van der Waals surface area contributed by atoms with E-state index in [0.717, 1.165) is 5.56 Å². The topological polar surface area (TPSA) is 49.7 Å². The van der Waals surface area contributed by atoms with Gasteiger partial charge in [0, 0.05) is 7.11 Å². The van der Waals surface area contributed by atoms with Gasteiger partial charge in [0.15, 0.2) is 0 Å². The Hall–Kier alpha value is -1.06. The number of aliphatic hydroxyl groups excluding tert-OH is 1. The van der Waals surface area contributed by atoms with Crippen molar-refractivity contribution in [1.82, 2.24) is 0 Å². The van der Waals surface area contributed by atoms with Crippen molar-refractivity contribution >= 4 is 0 Å². The number of hydrogen-bond donors (Lipinski definition) is 2. The number of hydrogen-bond acceptors (Lipinski definition) is 3. The molecule has 13 heavy (non-hydrogen) atoms. The molecule has 0 aliphatic carbocycles. The molecule has 0 fully saturated rings. The minimum atomic E-state index is -0.561. The van der Waals surface area contributed by atoms with E-state index in [1.807, 2.05) is 0 Å². The highest BCUT2D eigenvalue weighted by Crippen LogP contribution is 2.22. The first kappa shape index (κ1) is 10.0. The van der Waals surface area contributed by atoms with Crippen LogP contribution in [-0.4, -0.2) is 23.4 Å². The van der Waals surface area contributed by atoms with E-state index in [-0.39, 0.29) is 11.9 Å². The maximum Gasteiger partial charge on any atom is 0.115 e. The van der Waals surface area contributed by atoms with Gasteiger partial charge in [-0.15, -0.1) is 0 Å². The van der Waals surface area contributed by atoms with E-state index < -0.39 is 6.10 Å². The zero-order valence-electron chi connectivity index (χ0n) is 7.77.